The maximum absolute atomic E-state index is 13.2. The summed E-state index contributed by atoms with van der Waals surface area (Å²) in [5.41, 5.74) is 2.37. The lowest BCUT2D eigenvalue weighted by molar-refractivity contribution is 0.105. The van der Waals surface area contributed by atoms with Crippen LogP contribution < -0.4 is 0 Å². The van der Waals surface area contributed by atoms with Crippen molar-refractivity contribution in [3.05, 3.63) is 75.3 Å². The van der Waals surface area contributed by atoms with E-state index in [0.717, 1.165) is 26.8 Å². The summed E-state index contributed by atoms with van der Waals surface area (Å²) in [7, 11) is 0. The van der Waals surface area contributed by atoms with Crippen molar-refractivity contribution in [3.63, 3.8) is 0 Å². The maximum atomic E-state index is 13.2. The summed E-state index contributed by atoms with van der Waals surface area (Å²) in [6, 6.07) is 9.89. The number of fused-ring (bicyclic) bond motifs is 1. The Balaban J connectivity index is 1.81. The number of imidazole rings is 1. The summed E-state index contributed by atoms with van der Waals surface area (Å²) in [6.45, 7) is 2.02. The highest BCUT2D eigenvalue weighted by Crippen LogP contribution is 2.29. The molecular weight excluding hydrogens is 355 g/mol. The van der Waals surface area contributed by atoms with Crippen LogP contribution in [0, 0.1) is 12.7 Å². The largest absolute Gasteiger partial charge is 0.290 e. The van der Waals surface area contributed by atoms with Gasteiger partial charge in [-0.3, -0.25) is 9.20 Å². The van der Waals surface area contributed by atoms with E-state index in [2.05, 4.69) is 4.98 Å². The number of thiophene rings is 1. The van der Waals surface area contributed by atoms with Gasteiger partial charge in [-0.1, -0.05) is 6.07 Å². The molecule has 6 heteroatoms. The van der Waals surface area contributed by atoms with Crippen molar-refractivity contribution in [2.75, 3.05) is 0 Å². The first-order valence-electron chi connectivity index (χ1n) is 7.62. The smallest absolute Gasteiger partial charge is 0.195 e. The van der Waals surface area contributed by atoms with Crippen LogP contribution in [0.2, 0.25) is 0 Å². The summed E-state index contributed by atoms with van der Waals surface area (Å²) >= 11 is 2.99. The zero-order valence-electron chi connectivity index (χ0n) is 13.3. The number of ketones is 1. The number of hydrogen-bond acceptors (Lipinski definition) is 4. The monoisotopic (exact) mass is 368 g/mol. The van der Waals surface area contributed by atoms with Crippen molar-refractivity contribution in [2.24, 2.45) is 0 Å². The molecule has 124 valence electrons. The molecule has 3 nitrogen and oxygen atoms in total. The van der Waals surface area contributed by atoms with Crippen molar-refractivity contribution < 1.29 is 9.18 Å². The number of halogens is 1. The van der Waals surface area contributed by atoms with Crippen molar-refractivity contribution >= 4 is 39.5 Å². The highest BCUT2D eigenvalue weighted by atomic mass is 32.1. The van der Waals surface area contributed by atoms with Crippen LogP contribution in [0.1, 0.15) is 20.2 Å². The zero-order valence-corrected chi connectivity index (χ0v) is 14.9. The molecule has 0 atom stereocenters. The molecular formula is C19H13FN2OS2. The lowest BCUT2D eigenvalue weighted by Gasteiger charge is -2.00. The van der Waals surface area contributed by atoms with Gasteiger partial charge in [0.15, 0.2) is 10.7 Å². The molecule has 0 radical (unpaired) electrons. The second-order valence-electron chi connectivity index (χ2n) is 5.52. The fraction of sp³-hybridized carbons (Fsp3) is 0.0526. The van der Waals surface area contributed by atoms with Crippen molar-refractivity contribution in [1.82, 2.24) is 9.38 Å². The van der Waals surface area contributed by atoms with Gasteiger partial charge in [0.1, 0.15) is 5.82 Å². The van der Waals surface area contributed by atoms with Crippen LogP contribution in [0.5, 0.6) is 0 Å². The lowest BCUT2D eigenvalue weighted by atomic mass is 10.1. The van der Waals surface area contributed by atoms with E-state index in [4.69, 9.17) is 0 Å². The molecule has 25 heavy (non-hydrogen) atoms. The molecule has 0 aliphatic carbocycles. The van der Waals surface area contributed by atoms with Crippen LogP contribution in [0.3, 0.4) is 0 Å². The molecule has 0 aliphatic heterocycles. The van der Waals surface area contributed by atoms with Gasteiger partial charge in [0.2, 0.25) is 0 Å². The Labute approximate surface area is 151 Å². The molecule has 4 aromatic rings. The number of rotatable bonds is 4. The number of benzene rings is 1. The van der Waals surface area contributed by atoms with Crippen LogP contribution in [0.15, 0.2) is 54.1 Å². The first-order valence-corrected chi connectivity index (χ1v) is 9.32. The summed E-state index contributed by atoms with van der Waals surface area (Å²) in [6.07, 6.45) is 5.34. The highest BCUT2D eigenvalue weighted by molar-refractivity contribution is 7.17. The van der Waals surface area contributed by atoms with Gasteiger partial charge >= 0.3 is 0 Å². The Bertz CT molecular complexity index is 1070. The molecule has 1 aromatic carbocycles. The normalized spacial score (nSPS) is 11.6. The van der Waals surface area contributed by atoms with Crippen molar-refractivity contribution in [3.8, 4) is 11.3 Å². The first kappa shape index (κ1) is 15.9. The molecule has 0 amide bonds. The van der Waals surface area contributed by atoms with E-state index in [1.165, 1.54) is 23.5 Å². The van der Waals surface area contributed by atoms with E-state index in [-0.39, 0.29) is 11.6 Å². The molecule has 0 unspecified atom stereocenters. The van der Waals surface area contributed by atoms with E-state index in [0.29, 0.717) is 4.88 Å². The van der Waals surface area contributed by atoms with E-state index in [9.17, 15) is 9.18 Å². The quantitative estimate of drug-likeness (QED) is 0.354. The van der Waals surface area contributed by atoms with Crippen LogP contribution in [0.4, 0.5) is 4.39 Å². The Morgan fingerprint density at radius 3 is 2.76 bits per heavy atom. The number of aryl methyl sites for hydroxylation is 1. The van der Waals surface area contributed by atoms with E-state index < -0.39 is 0 Å². The molecule has 0 spiro atoms. The number of carbonyl (C=O) groups is 1. The lowest BCUT2D eigenvalue weighted by Crippen LogP contribution is -1.91. The maximum Gasteiger partial charge on any atom is 0.195 e. The number of aromatic nitrogens is 2. The molecule has 3 heterocycles. The van der Waals surface area contributed by atoms with Crippen molar-refractivity contribution in [2.45, 2.75) is 6.92 Å². The van der Waals surface area contributed by atoms with Gasteiger partial charge in [-0.15, -0.1) is 22.7 Å². The topological polar surface area (TPSA) is 34.4 Å². The average Bonchev–Trinajstić information content (AvgIpc) is 3.30. The summed E-state index contributed by atoms with van der Waals surface area (Å²) in [5.74, 6) is -0.326. The Morgan fingerprint density at radius 2 is 2.04 bits per heavy atom. The minimum Gasteiger partial charge on any atom is -0.290 e. The SMILES string of the molecule is Cc1cn2c(/C=C/C(=O)c3cccs3)c(-c3ccc(F)cc3)nc2s1. The molecule has 3 aromatic heterocycles. The van der Waals surface area contributed by atoms with Gasteiger partial charge in [0, 0.05) is 16.6 Å². The van der Waals surface area contributed by atoms with Crippen LogP contribution in [-0.4, -0.2) is 15.2 Å². The minimum absolute atomic E-state index is 0.0399. The first-order chi connectivity index (χ1) is 12.1. The third-order valence-electron chi connectivity index (χ3n) is 3.75. The fourth-order valence-electron chi connectivity index (χ4n) is 2.61. The highest BCUT2D eigenvalue weighted by Gasteiger charge is 2.14. The van der Waals surface area contributed by atoms with E-state index >= 15 is 0 Å². The summed E-state index contributed by atoms with van der Waals surface area (Å²) in [4.78, 5) is 19.6. The van der Waals surface area contributed by atoms with E-state index in [1.807, 2.05) is 29.0 Å². The van der Waals surface area contributed by atoms with Gasteiger partial charge in [0.25, 0.3) is 0 Å². The van der Waals surface area contributed by atoms with Gasteiger partial charge in [-0.05, 0) is 54.8 Å². The number of thiazole rings is 1. The average molecular weight is 368 g/mol. The number of hydrogen-bond donors (Lipinski definition) is 0. The molecule has 0 bridgehead atoms. The summed E-state index contributed by atoms with van der Waals surface area (Å²) in [5, 5.41) is 1.88. The fourth-order valence-corrected chi connectivity index (χ4v) is 4.09. The molecule has 0 aliphatic rings. The second kappa shape index (κ2) is 6.38. The van der Waals surface area contributed by atoms with Crippen LogP contribution in [-0.2, 0) is 0 Å². The molecule has 0 fully saturated rings. The molecule has 4 rings (SSSR count). The Kier molecular flexibility index (Phi) is 4.07. The summed E-state index contributed by atoms with van der Waals surface area (Å²) < 4.78 is 15.2. The molecule has 0 N–H and O–H groups in total. The third kappa shape index (κ3) is 3.06. The number of nitrogens with zero attached hydrogens (tertiary/aromatic N) is 2. The Hall–Kier alpha value is -2.57. The van der Waals surface area contributed by atoms with Crippen molar-refractivity contribution in [1.29, 1.82) is 0 Å². The minimum atomic E-state index is -0.286. The van der Waals surface area contributed by atoms with Crippen LogP contribution in [0.25, 0.3) is 22.3 Å². The third-order valence-corrected chi connectivity index (χ3v) is 5.54. The number of carbonyl (C=O) groups excluding carboxylic acids is 1. The molecule has 0 saturated heterocycles. The number of allylic oxidation sites excluding steroid dienone is 1. The predicted molar refractivity (Wildman–Crippen MR) is 101 cm³/mol. The standard InChI is InChI=1S/C19H13FN2OS2/c1-12-11-22-15(8-9-16(23)17-3-2-10-24-17)18(21-19(22)25-12)13-4-6-14(20)7-5-13/h2-11H,1H3/b9-8+. The zero-order chi connectivity index (χ0) is 17.4. The van der Waals surface area contributed by atoms with E-state index in [1.54, 1.807) is 41.7 Å². The Morgan fingerprint density at radius 1 is 1.24 bits per heavy atom. The van der Waals surface area contributed by atoms with Crippen LogP contribution >= 0.6 is 22.7 Å². The second-order valence-corrected chi connectivity index (χ2v) is 7.68. The molecule has 0 saturated carbocycles. The van der Waals surface area contributed by atoms with Gasteiger partial charge < -0.3 is 0 Å². The van der Waals surface area contributed by atoms with Gasteiger partial charge in [-0.25, -0.2) is 9.37 Å². The predicted octanol–water partition coefficient (Wildman–Crippen LogP) is 5.47. The van der Waals surface area contributed by atoms with Gasteiger partial charge in [0.05, 0.1) is 16.3 Å². The van der Waals surface area contributed by atoms with Gasteiger partial charge in [-0.2, -0.15) is 0 Å².